The van der Waals surface area contributed by atoms with Gasteiger partial charge in [0.1, 0.15) is 11.7 Å². The number of fused-ring (bicyclic) bond motifs is 1. The first-order valence-corrected chi connectivity index (χ1v) is 3.96. The monoisotopic (exact) mass is 187 g/mol. The summed E-state index contributed by atoms with van der Waals surface area (Å²) in [7, 11) is -1.66. The highest BCUT2D eigenvalue weighted by Crippen LogP contribution is 2.08. The normalized spacial score (nSPS) is 10.1. The fraction of sp³-hybridized carbons (Fsp3) is 0. The Kier molecular flexibility index (Phi) is 1.96. The number of aromatic nitrogens is 2. The second kappa shape index (κ2) is 3.14. The number of hydrogen-bond donors (Lipinski definition) is 3. The molecule has 5 nitrogen and oxygen atoms in total. The summed E-state index contributed by atoms with van der Waals surface area (Å²) >= 11 is 0. The van der Waals surface area contributed by atoms with Crippen molar-refractivity contribution in [1.82, 2.24) is 9.97 Å². The van der Waals surface area contributed by atoms with Gasteiger partial charge in [-0.05, 0) is 6.07 Å². The predicted octanol–water partition coefficient (Wildman–Crippen LogP) is -0.886. The fourth-order valence-electron chi connectivity index (χ4n) is 1.40. The minimum atomic E-state index is -1.66. The van der Waals surface area contributed by atoms with Crippen LogP contribution in [0.5, 0.6) is 0 Å². The standard InChI is InChI=1S/C8H6BN3O2/c10-3-5-4-12-8-6(1-2-11-8)7(5)9(13)14/h1-2,4,13-14H,(H,11,12). The molecule has 0 saturated carbocycles. The molecule has 0 aliphatic rings. The van der Waals surface area contributed by atoms with Gasteiger partial charge < -0.3 is 15.0 Å². The van der Waals surface area contributed by atoms with Gasteiger partial charge in [-0.15, -0.1) is 0 Å². The van der Waals surface area contributed by atoms with Gasteiger partial charge in [0.15, 0.2) is 0 Å². The van der Waals surface area contributed by atoms with E-state index in [0.29, 0.717) is 11.0 Å². The Morgan fingerprint density at radius 3 is 2.93 bits per heavy atom. The van der Waals surface area contributed by atoms with Crippen LogP contribution < -0.4 is 5.46 Å². The van der Waals surface area contributed by atoms with Crippen molar-refractivity contribution in [2.75, 3.05) is 0 Å². The first-order chi connectivity index (χ1) is 6.74. The third-order valence-electron chi connectivity index (χ3n) is 2.01. The molecular weight excluding hydrogens is 181 g/mol. The highest BCUT2D eigenvalue weighted by atomic mass is 16.4. The number of nitrogens with one attached hydrogen (secondary N) is 1. The van der Waals surface area contributed by atoms with Crippen LogP contribution in [0.2, 0.25) is 0 Å². The van der Waals surface area contributed by atoms with Crippen molar-refractivity contribution in [1.29, 1.82) is 5.26 Å². The average molecular weight is 187 g/mol. The van der Waals surface area contributed by atoms with Crippen molar-refractivity contribution in [3.63, 3.8) is 0 Å². The van der Waals surface area contributed by atoms with Gasteiger partial charge in [0.05, 0.1) is 5.56 Å². The van der Waals surface area contributed by atoms with Crippen molar-refractivity contribution in [2.45, 2.75) is 0 Å². The third kappa shape index (κ3) is 1.16. The van der Waals surface area contributed by atoms with Gasteiger partial charge in [0, 0.05) is 23.2 Å². The molecule has 0 radical (unpaired) electrons. The average Bonchev–Trinajstić information content (AvgIpc) is 2.62. The highest BCUT2D eigenvalue weighted by molar-refractivity contribution is 6.62. The summed E-state index contributed by atoms with van der Waals surface area (Å²) < 4.78 is 0. The first kappa shape index (κ1) is 8.75. The van der Waals surface area contributed by atoms with E-state index < -0.39 is 7.12 Å². The summed E-state index contributed by atoms with van der Waals surface area (Å²) in [5.41, 5.74) is 0.901. The van der Waals surface area contributed by atoms with Gasteiger partial charge in [-0.3, -0.25) is 0 Å². The first-order valence-electron chi connectivity index (χ1n) is 3.96. The summed E-state index contributed by atoms with van der Waals surface area (Å²) in [6.45, 7) is 0. The number of hydrogen-bond acceptors (Lipinski definition) is 4. The molecule has 2 rings (SSSR count). The Morgan fingerprint density at radius 2 is 2.29 bits per heavy atom. The molecule has 2 aromatic rings. The summed E-state index contributed by atoms with van der Waals surface area (Å²) in [5, 5.41) is 27.5. The lowest BCUT2D eigenvalue weighted by Crippen LogP contribution is -2.33. The predicted molar refractivity (Wildman–Crippen MR) is 50.6 cm³/mol. The Balaban J connectivity index is 2.84. The van der Waals surface area contributed by atoms with Crippen LogP contribution in [0, 0.1) is 11.3 Å². The van der Waals surface area contributed by atoms with Crippen LogP contribution in [-0.2, 0) is 0 Å². The third-order valence-corrected chi connectivity index (χ3v) is 2.01. The number of aromatic amines is 1. The molecule has 0 spiro atoms. The Labute approximate surface area is 79.8 Å². The summed E-state index contributed by atoms with van der Waals surface area (Å²) in [6, 6.07) is 3.51. The van der Waals surface area contributed by atoms with E-state index in [1.807, 2.05) is 6.07 Å². The Bertz CT molecular complexity index is 515. The maximum absolute atomic E-state index is 9.11. The zero-order valence-corrected chi connectivity index (χ0v) is 7.10. The summed E-state index contributed by atoms with van der Waals surface area (Å²) in [4.78, 5) is 6.78. The van der Waals surface area contributed by atoms with E-state index in [0.717, 1.165) is 0 Å². The maximum Gasteiger partial charge on any atom is 0.490 e. The second-order valence-corrected chi connectivity index (χ2v) is 2.81. The SMILES string of the molecule is N#Cc1cnc2[nH]ccc2c1B(O)O. The van der Waals surface area contributed by atoms with Crippen LogP contribution in [0.3, 0.4) is 0 Å². The van der Waals surface area contributed by atoms with Gasteiger partial charge >= 0.3 is 7.12 Å². The molecule has 6 heteroatoms. The van der Waals surface area contributed by atoms with E-state index in [1.165, 1.54) is 6.20 Å². The van der Waals surface area contributed by atoms with Crippen molar-refractivity contribution in [2.24, 2.45) is 0 Å². The van der Waals surface area contributed by atoms with Gasteiger partial charge in [0.25, 0.3) is 0 Å². The molecule has 0 amide bonds. The van der Waals surface area contributed by atoms with Crippen LogP contribution in [0.15, 0.2) is 18.5 Å². The molecule has 14 heavy (non-hydrogen) atoms. The van der Waals surface area contributed by atoms with Crippen LogP contribution >= 0.6 is 0 Å². The molecule has 0 unspecified atom stereocenters. The molecule has 0 saturated heterocycles. The van der Waals surface area contributed by atoms with E-state index in [1.54, 1.807) is 12.3 Å². The highest BCUT2D eigenvalue weighted by Gasteiger charge is 2.20. The van der Waals surface area contributed by atoms with Crippen molar-refractivity contribution in [3.8, 4) is 6.07 Å². The molecule has 0 fully saturated rings. The topological polar surface area (TPSA) is 92.9 Å². The minimum Gasteiger partial charge on any atom is -0.423 e. The number of rotatable bonds is 1. The van der Waals surface area contributed by atoms with E-state index in [4.69, 9.17) is 15.3 Å². The van der Waals surface area contributed by atoms with Crippen LogP contribution in [0.25, 0.3) is 11.0 Å². The molecule has 0 aromatic carbocycles. The number of nitriles is 1. The van der Waals surface area contributed by atoms with Crippen molar-refractivity contribution >= 4 is 23.6 Å². The zero-order chi connectivity index (χ0) is 10.1. The van der Waals surface area contributed by atoms with Crippen LogP contribution in [-0.4, -0.2) is 27.1 Å². The van der Waals surface area contributed by atoms with E-state index in [9.17, 15) is 0 Å². The number of H-pyrrole nitrogens is 1. The van der Waals surface area contributed by atoms with Gasteiger partial charge in [-0.1, -0.05) is 0 Å². The Hall–Kier alpha value is -1.84. The molecule has 2 aromatic heterocycles. The largest absolute Gasteiger partial charge is 0.490 e. The smallest absolute Gasteiger partial charge is 0.423 e. The maximum atomic E-state index is 9.11. The molecule has 3 N–H and O–H groups in total. The number of pyridine rings is 1. The molecule has 0 atom stereocenters. The van der Waals surface area contributed by atoms with Crippen molar-refractivity contribution in [3.05, 3.63) is 24.0 Å². The molecule has 0 bridgehead atoms. The summed E-state index contributed by atoms with van der Waals surface area (Å²) in [5.74, 6) is 0. The van der Waals surface area contributed by atoms with Gasteiger partial charge in [0.2, 0.25) is 0 Å². The minimum absolute atomic E-state index is 0.173. The van der Waals surface area contributed by atoms with Crippen LogP contribution in [0.4, 0.5) is 0 Å². The quantitative estimate of drug-likeness (QED) is 0.505. The second-order valence-electron chi connectivity index (χ2n) is 2.81. The lowest BCUT2D eigenvalue weighted by Gasteiger charge is -2.02. The van der Waals surface area contributed by atoms with Gasteiger partial charge in [-0.25, -0.2) is 4.98 Å². The van der Waals surface area contributed by atoms with Crippen LogP contribution in [0.1, 0.15) is 5.56 Å². The Morgan fingerprint density at radius 1 is 1.50 bits per heavy atom. The molecule has 68 valence electrons. The molecule has 2 heterocycles. The van der Waals surface area contributed by atoms with Crippen molar-refractivity contribution < 1.29 is 10.0 Å². The number of nitrogens with zero attached hydrogens (tertiary/aromatic N) is 2. The molecular formula is C8H6BN3O2. The van der Waals surface area contributed by atoms with Gasteiger partial charge in [-0.2, -0.15) is 5.26 Å². The molecule has 0 aliphatic heterocycles. The lowest BCUT2D eigenvalue weighted by molar-refractivity contribution is 0.426. The van der Waals surface area contributed by atoms with E-state index in [2.05, 4.69) is 9.97 Å². The molecule has 0 aliphatic carbocycles. The zero-order valence-electron chi connectivity index (χ0n) is 7.10. The lowest BCUT2D eigenvalue weighted by atomic mass is 9.76. The van der Waals surface area contributed by atoms with E-state index >= 15 is 0 Å². The van der Waals surface area contributed by atoms with E-state index in [-0.39, 0.29) is 11.0 Å². The summed E-state index contributed by atoms with van der Waals surface area (Å²) in [6.07, 6.45) is 2.94. The fourth-order valence-corrected chi connectivity index (χ4v) is 1.40.